The molecule has 1 aliphatic heterocycles. The smallest absolute Gasteiger partial charge is 0.336 e. The summed E-state index contributed by atoms with van der Waals surface area (Å²) in [4.78, 5) is 41.4. The van der Waals surface area contributed by atoms with E-state index in [9.17, 15) is 29.9 Å². The molecule has 0 aromatic heterocycles. The number of carbonyl (C=O) groups excluding carboxylic acids is 2. The number of aliphatic hydroxyl groups is 3. The van der Waals surface area contributed by atoms with Crippen LogP contribution in [0.4, 0.5) is 11.4 Å². The van der Waals surface area contributed by atoms with Crippen molar-refractivity contribution in [2.75, 3.05) is 32.2 Å². The number of nitrogens with one attached hydrogen (secondary N) is 1. The van der Waals surface area contributed by atoms with Crippen molar-refractivity contribution in [2.24, 2.45) is 10.9 Å². The number of aliphatic imine (C=N–C) groups is 1. The maximum absolute atomic E-state index is 13.3. The summed E-state index contributed by atoms with van der Waals surface area (Å²) in [6, 6.07) is 12.9. The fraction of sp³-hybridized carbons (Fsp3) is 0.393. The zero-order valence-electron chi connectivity index (χ0n) is 22.4. The Morgan fingerprint density at radius 2 is 1.82 bits per heavy atom. The minimum atomic E-state index is -1.24. The lowest BCUT2D eigenvalue weighted by Gasteiger charge is -2.31. The number of benzene rings is 2. The van der Waals surface area contributed by atoms with E-state index in [1.165, 1.54) is 25.3 Å². The molecule has 1 heterocycles. The molecule has 0 bridgehead atoms. The summed E-state index contributed by atoms with van der Waals surface area (Å²) in [5.74, 6) is -3.16. The Morgan fingerprint density at radius 1 is 1.12 bits per heavy atom. The minimum Gasteiger partial charge on any atom is -0.468 e. The molecule has 2 aromatic rings. The number of methoxy groups -OCH3 is 1. The van der Waals surface area contributed by atoms with Crippen molar-refractivity contribution in [2.45, 2.75) is 38.4 Å². The van der Waals surface area contributed by atoms with Crippen LogP contribution in [0, 0.1) is 16.0 Å². The van der Waals surface area contributed by atoms with Gasteiger partial charge in [0.1, 0.15) is 12.0 Å². The third-order valence-corrected chi connectivity index (χ3v) is 6.67. The molecule has 4 atom stereocenters. The van der Waals surface area contributed by atoms with Gasteiger partial charge in [-0.25, -0.2) is 4.79 Å². The second kappa shape index (κ2) is 13.8. The molecule has 0 saturated carbocycles. The lowest BCUT2D eigenvalue weighted by molar-refractivity contribution is -0.384. The number of aliphatic hydroxyl groups excluding tert-OH is 3. The number of nitro benzene ring substituents is 1. The average molecular weight is 556 g/mol. The molecule has 4 unspecified atom stereocenters. The lowest BCUT2D eigenvalue weighted by Crippen LogP contribution is -2.36. The topological polar surface area (TPSA) is 181 Å². The molecule has 0 saturated heterocycles. The molecule has 0 fully saturated rings. The van der Waals surface area contributed by atoms with Crippen LogP contribution in [0.15, 0.2) is 64.8 Å². The third-order valence-electron chi connectivity index (χ3n) is 6.67. The molecule has 0 amide bonds. The standard InChI is InChI=1S/C28H33N3O9/c1-16-24(27(35)39-3)26(19-5-4-6-21(13-19)31(37)38)25(17(2)30-16)28(36)40-12-11-18-7-9-20(10-8-18)29-14-22(33)23(34)15-32/h4-10,13,22-24,26,29,32-34H,11-12,14-15H2,1-3H3. The fourth-order valence-corrected chi connectivity index (χ4v) is 4.54. The predicted octanol–water partition coefficient (Wildman–Crippen LogP) is 2.13. The monoisotopic (exact) mass is 555 g/mol. The average Bonchev–Trinajstić information content (AvgIpc) is 2.95. The number of allylic oxidation sites excluding steroid dienone is 1. The molecule has 0 aliphatic carbocycles. The first-order valence-corrected chi connectivity index (χ1v) is 12.6. The molecular weight excluding hydrogens is 522 g/mol. The van der Waals surface area contributed by atoms with Gasteiger partial charge in [0.2, 0.25) is 0 Å². The Kier molecular flexibility index (Phi) is 10.5. The van der Waals surface area contributed by atoms with Crippen LogP contribution in [0.3, 0.4) is 0 Å². The summed E-state index contributed by atoms with van der Waals surface area (Å²) in [7, 11) is 1.23. The van der Waals surface area contributed by atoms with Crippen molar-refractivity contribution in [3.05, 3.63) is 81.0 Å². The lowest BCUT2D eigenvalue weighted by atomic mass is 9.75. The van der Waals surface area contributed by atoms with Crippen LogP contribution in [0.5, 0.6) is 0 Å². The van der Waals surface area contributed by atoms with E-state index in [0.717, 1.165) is 5.56 Å². The highest BCUT2D eigenvalue weighted by molar-refractivity contribution is 6.07. The molecule has 0 radical (unpaired) electrons. The maximum Gasteiger partial charge on any atom is 0.336 e. The first-order valence-electron chi connectivity index (χ1n) is 12.6. The Labute approximate surface area is 231 Å². The number of hydrogen-bond donors (Lipinski definition) is 4. The highest BCUT2D eigenvalue weighted by atomic mass is 16.6. The van der Waals surface area contributed by atoms with Crippen molar-refractivity contribution < 1.29 is 39.3 Å². The van der Waals surface area contributed by atoms with E-state index in [2.05, 4.69) is 10.3 Å². The first kappa shape index (κ1) is 30.4. The van der Waals surface area contributed by atoms with Gasteiger partial charge in [-0.3, -0.25) is 19.9 Å². The van der Waals surface area contributed by atoms with Gasteiger partial charge < -0.3 is 30.1 Å². The van der Waals surface area contributed by atoms with Gasteiger partial charge in [0.25, 0.3) is 5.69 Å². The highest BCUT2D eigenvalue weighted by Gasteiger charge is 2.42. The number of ether oxygens (including phenoxy) is 2. The van der Waals surface area contributed by atoms with Crippen LogP contribution in [0.25, 0.3) is 0 Å². The quantitative estimate of drug-likeness (QED) is 0.172. The zero-order valence-corrected chi connectivity index (χ0v) is 22.4. The molecule has 214 valence electrons. The van der Waals surface area contributed by atoms with Gasteiger partial charge in [0.15, 0.2) is 0 Å². The predicted molar refractivity (Wildman–Crippen MR) is 146 cm³/mol. The van der Waals surface area contributed by atoms with E-state index in [4.69, 9.17) is 14.6 Å². The summed E-state index contributed by atoms with van der Waals surface area (Å²) in [6.07, 6.45) is -1.98. The normalized spacial score (nSPS) is 18.4. The van der Waals surface area contributed by atoms with Crippen LogP contribution in [0.2, 0.25) is 0 Å². The third kappa shape index (κ3) is 7.29. The van der Waals surface area contributed by atoms with E-state index in [1.54, 1.807) is 32.0 Å². The number of anilines is 1. The summed E-state index contributed by atoms with van der Waals surface area (Å²) >= 11 is 0. The number of esters is 2. The van der Waals surface area contributed by atoms with Crippen LogP contribution in [0.1, 0.15) is 30.9 Å². The summed E-state index contributed by atoms with van der Waals surface area (Å²) in [6.45, 7) is 2.80. The number of carbonyl (C=O) groups is 2. The second-order valence-electron chi connectivity index (χ2n) is 9.36. The SMILES string of the molecule is COC(=O)C1C(C)=NC(C)=C(C(=O)OCCc2ccc(NCC(O)C(O)CO)cc2)C1c1cccc([N+](=O)[O-])c1. The minimum absolute atomic E-state index is 0.0248. The van der Waals surface area contributed by atoms with Gasteiger partial charge in [0.05, 0.1) is 36.9 Å². The summed E-state index contributed by atoms with van der Waals surface area (Å²) in [5.41, 5.74) is 2.67. The maximum atomic E-state index is 13.3. The van der Waals surface area contributed by atoms with Crippen molar-refractivity contribution in [1.29, 1.82) is 0 Å². The van der Waals surface area contributed by atoms with E-state index in [-0.39, 0.29) is 24.4 Å². The zero-order chi connectivity index (χ0) is 29.4. The van der Waals surface area contributed by atoms with E-state index < -0.39 is 47.5 Å². The highest BCUT2D eigenvalue weighted by Crippen LogP contribution is 2.41. The van der Waals surface area contributed by atoms with Gasteiger partial charge in [-0.05, 0) is 37.1 Å². The molecule has 1 aliphatic rings. The Bertz CT molecular complexity index is 1290. The molecular formula is C28H33N3O9. The van der Waals surface area contributed by atoms with Gasteiger partial charge >= 0.3 is 11.9 Å². The van der Waals surface area contributed by atoms with Gasteiger partial charge in [-0.2, -0.15) is 0 Å². The van der Waals surface area contributed by atoms with Gasteiger partial charge in [-0.15, -0.1) is 0 Å². The number of nitro groups is 1. The van der Waals surface area contributed by atoms with Crippen LogP contribution in [-0.2, 0) is 25.5 Å². The van der Waals surface area contributed by atoms with Crippen molar-refractivity contribution in [1.82, 2.24) is 0 Å². The van der Waals surface area contributed by atoms with Crippen LogP contribution >= 0.6 is 0 Å². The Hall–Kier alpha value is -4.13. The molecule has 3 rings (SSSR count). The summed E-state index contributed by atoms with van der Waals surface area (Å²) < 4.78 is 10.6. The number of nitrogens with zero attached hydrogens (tertiary/aromatic N) is 2. The first-order chi connectivity index (χ1) is 19.1. The molecule has 12 nitrogen and oxygen atoms in total. The largest absolute Gasteiger partial charge is 0.468 e. The van der Waals surface area contributed by atoms with Crippen molar-refractivity contribution >= 4 is 29.0 Å². The number of rotatable bonds is 12. The molecule has 4 N–H and O–H groups in total. The van der Waals surface area contributed by atoms with E-state index in [1.807, 2.05) is 12.1 Å². The van der Waals surface area contributed by atoms with Crippen LogP contribution < -0.4 is 5.32 Å². The van der Waals surface area contributed by atoms with Crippen molar-refractivity contribution in [3.63, 3.8) is 0 Å². The van der Waals surface area contributed by atoms with E-state index in [0.29, 0.717) is 29.1 Å². The molecule has 40 heavy (non-hydrogen) atoms. The molecule has 2 aromatic carbocycles. The Balaban J connectivity index is 1.74. The second-order valence-corrected chi connectivity index (χ2v) is 9.36. The summed E-state index contributed by atoms with van der Waals surface area (Å²) in [5, 5.41) is 42.4. The van der Waals surface area contributed by atoms with Crippen LogP contribution in [-0.4, -0.2) is 77.0 Å². The Morgan fingerprint density at radius 3 is 2.45 bits per heavy atom. The number of non-ortho nitro benzene ring substituents is 1. The molecule has 0 spiro atoms. The number of hydrogen-bond acceptors (Lipinski definition) is 11. The van der Waals surface area contributed by atoms with Crippen molar-refractivity contribution in [3.8, 4) is 0 Å². The fourth-order valence-electron chi connectivity index (χ4n) is 4.54. The molecule has 12 heteroatoms. The van der Waals surface area contributed by atoms with Gasteiger partial charge in [-0.1, -0.05) is 24.3 Å². The van der Waals surface area contributed by atoms with Gasteiger partial charge in [0, 0.05) is 48.1 Å². The van der Waals surface area contributed by atoms with E-state index >= 15 is 0 Å².